The van der Waals surface area contributed by atoms with Crippen molar-refractivity contribution in [3.8, 4) is 11.5 Å². The van der Waals surface area contributed by atoms with Crippen molar-refractivity contribution in [1.29, 1.82) is 0 Å². The van der Waals surface area contributed by atoms with E-state index in [-0.39, 0.29) is 11.7 Å². The smallest absolute Gasteiger partial charge is 0.238 e. The first-order chi connectivity index (χ1) is 13.7. The number of amides is 1. The van der Waals surface area contributed by atoms with E-state index in [4.69, 9.17) is 4.42 Å². The monoisotopic (exact) mass is 400 g/mol. The molecule has 146 valence electrons. The van der Waals surface area contributed by atoms with E-state index in [0.717, 1.165) is 49.2 Å². The maximum Gasteiger partial charge on any atom is 0.238 e. The van der Waals surface area contributed by atoms with Crippen molar-refractivity contribution in [2.75, 3.05) is 38.0 Å². The molecule has 0 unspecified atom stereocenters. The van der Waals surface area contributed by atoms with Gasteiger partial charge in [-0.25, -0.2) is 9.37 Å². The fraction of sp³-hybridized carbons (Fsp3) is 0.300. The van der Waals surface area contributed by atoms with Crippen LogP contribution in [0.4, 0.5) is 10.1 Å². The predicted octanol–water partition coefficient (Wildman–Crippen LogP) is 3.30. The van der Waals surface area contributed by atoms with Crippen LogP contribution in [0.15, 0.2) is 52.5 Å². The Morgan fingerprint density at radius 1 is 1.18 bits per heavy atom. The number of nitrogens with one attached hydrogen (secondary N) is 1. The van der Waals surface area contributed by atoms with Gasteiger partial charge in [0.1, 0.15) is 16.5 Å². The van der Waals surface area contributed by atoms with Gasteiger partial charge in [-0.2, -0.15) is 0 Å². The van der Waals surface area contributed by atoms with Crippen molar-refractivity contribution in [2.45, 2.75) is 6.54 Å². The first-order valence-electron chi connectivity index (χ1n) is 9.14. The average molecular weight is 400 g/mol. The number of carbonyl (C=O) groups is 1. The molecule has 1 N–H and O–H groups in total. The van der Waals surface area contributed by atoms with Gasteiger partial charge in [0.25, 0.3) is 0 Å². The molecule has 1 aliphatic heterocycles. The van der Waals surface area contributed by atoms with Crippen LogP contribution >= 0.6 is 11.3 Å². The Morgan fingerprint density at radius 2 is 2.00 bits per heavy atom. The third-order valence-corrected chi connectivity index (χ3v) is 5.46. The van der Waals surface area contributed by atoms with Crippen LogP contribution in [0.2, 0.25) is 0 Å². The number of anilines is 1. The van der Waals surface area contributed by atoms with Crippen molar-refractivity contribution in [1.82, 2.24) is 14.8 Å². The lowest BCUT2D eigenvalue weighted by atomic mass is 10.3. The summed E-state index contributed by atoms with van der Waals surface area (Å²) in [5, 5.41) is 5.82. The van der Waals surface area contributed by atoms with Gasteiger partial charge in [-0.05, 0) is 30.3 Å². The van der Waals surface area contributed by atoms with E-state index in [2.05, 4.69) is 20.1 Å². The topological polar surface area (TPSA) is 61.6 Å². The standard InChI is InChI=1S/C20H21FN4O2S/c21-15-3-1-4-16(11-15)22-19(26)12-24-6-8-25(9-7-24)13-20-23-17(14-28-20)18-5-2-10-27-18/h1-5,10-11,14H,6-9,12-13H2,(H,22,26). The lowest BCUT2D eigenvalue weighted by Crippen LogP contribution is -2.48. The van der Waals surface area contributed by atoms with Gasteiger partial charge in [0, 0.05) is 37.2 Å². The molecule has 3 heterocycles. The highest BCUT2D eigenvalue weighted by molar-refractivity contribution is 7.09. The second-order valence-corrected chi connectivity index (χ2v) is 7.66. The number of nitrogens with zero attached hydrogens (tertiary/aromatic N) is 3. The van der Waals surface area contributed by atoms with Crippen molar-refractivity contribution in [3.63, 3.8) is 0 Å². The number of piperazine rings is 1. The number of furan rings is 1. The molecule has 0 radical (unpaired) electrons. The fourth-order valence-corrected chi connectivity index (χ4v) is 4.01. The molecule has 0 spiro atoms. The highest BCUT2D eigenvalue weighted by Crippen LogP contribution is 2.23. The van der Waals surface area contributed by atoms with Gasteiger partial charge in [0.2, 0.25) is 5.91 Å². The number of halogens is 1. The van der Waals surface area contributed by atoms with E-state index >= 15 is 0 Å². The van der Waals surface area contributed by atoms with Gasteiger partial charge in [0.05, 0.1) is 19.4 Å². The molecule has 0 atom stereocenters. The average Bonchev–Trinajstić information content (AvgIpc) is 3.35. The second-order valence-electron chi connectivity index (χ2n) is 6.71. The summed E-state index contributed by atoms with van der Waals surface area (Å²) in [4.78, 5) is 21.3. The highest BCUT2D eigenvalue weighted by Gasteiger charge is 2.20. The summed E-state index contributed by atoms with van der Waals surface area (Å²) in [6, 6.07) is 9.71. The summed E-state index contributed by atoms with van der Waals surface area (Å²) in [6.07, 6.45) is 1.65. The second kappa shape index (κ2) is 8.64. The molecule has 1 amide bonds. The van der Waals surface area contributed by atoms with Crippen LogP contribution in [-0.4, -0.2) is 53.4 Å². The summed E-state index contributed by atoms with van der Waals surface area (Å²) < 4.78 is 18.6. The number of rotatable bonds is 6. The summed E-state index contributed by atoms with van der Waals surface area (Å²) in [6.45, 7) is 4.49. The van der Waals surface area contributed by atoms with E-state index in [1.165, 1.54) is 12.1 Å². The van der Waals surface area contributed by atoms with Crippen LogP contribution in [-0.2, 0) is 11.3 Å². The van der Waals surface area contributed by atoms with Crippen LogP contribution in [0.5, 0.6) is 0 Å². The van der Waals surface area contributed by atoms with Gasteiger partial charge in [-0.15, -0.1) is 11.3 Å². The lowest BCUT2D eigenvalue weighted by molar-refractivity contribution is -0.117. The maximum atomic E-state index is 13.2. The zero-order valence-electron chi connectivity index (χ0n) is 15.3. The minimum absolute atomic E-state index is 0.123. The minimum Gasteiger partial charge on any atom is -0.463 e. The fourth-order valence-electron chi connectivity index (χ4n) is 3.19. The normalized spacial score (nSPS) is 15.6. The molecular formula is C20H21FN4O2S. The largest absolute Gasteiger partial charge is 0.463 e. The Morgan fingerprint density at radius 3 is 2.75 bits per heavy atom. The van der Waals surface area contributed by atoms with Gasteiger partial charge >= 0.3 is 0 Å². The van der Waals surface area contributed by atoms with E-state index in [0.29, 0.717) is 12.2 Å². The van der Waals surface area contributed by atoms with Gasteiger partial charge < -0.3 is 9.73 Å². The number of benzene rings is 1. The number of hydrogen-bond donors (Lipinski definition) is 1. The number of carbonyl (C=O) groups excluding carboxylic acids is 1. The summed E-state index contributed by atoms with van der Waals surface area (Å²) >= 11 is 1.63. The molecule has 1 saturated heterocycles. The van der Waals surface area contributed by atoms with Gasteiger partial charge in [-0.3, -0.25) is 14.6 Å². The van der Waals surface area contributed by atoms with Crippen LogP contribution in [0.1, 0.15) is 5.01 Å². The first-order valence-corrected chi connectivity index (χ1v) is 10.0. The van der Waals surface area contributed by atoms with E-state index in [1.807, 2.05) is 17.5 Å². The Balaban J connectivity index is 1.23. The molecule has 3 aromatic rings. The first kappa shape index (κ1) is 18.8. The van der Waals surface area contributed by atoms with Crippen LogP contribution in [0.25, 0.3) is 11.5 Å². The van der Waals surface area contributed by atoms with Crippen LogP contribution in [0.3, 0.4) is 0 Å². The van der Waals surface area contributed by atoms with E-state index < -0.39 is 0 Å². The highest BCUT2D eigenvalue weighted by atomic mass is 32.1. The molecule has 6 nitrogen and oxygen atoms in total. The SMILES string of the molecule is O=C(CN1CCN(Cc2nc(-c3ccco3)cs2)CC1)Nc1cccc(F)c1. The van der Waals surface area contributed by atoms with Crippen LogP contribution < -0.4 is 5.32 Å². The third kappa shape index (κ3) is 4.83. The molecule has 1 aromatic carbocycles. The minimum atomic E-state index is -0.358. The Hall–Kier alpha value is -2.55. The zero-order chi connectivity index (χ0) is 19.3. The quantitative estimate of drug-likeness (QED) is 0.688. The molecule has 1 aliphatic rings. The molecule has 4 rings (SSSR count). The number of hydrogen-bond acceptors (Lipinski definition) is 6. The molecule has 0 saturated carbocycles. The molecule has 28 heavy (non-hydrogen) atoms. The van der Waals surface area contributed by atoms with E-state index in [1.54, 1.807) is 29.7 Å². The Labute approximate surface area is 166 Å². The van der Waals surface area contributed by atoms with E-state index in [9.17, 15) is 9.18 Å². The molecule has 0 bridgehead atoms. The summed E-state index contributed by atoms with van der Waals surface area (Å²) in [5.74, 6) is 0.308. The molecule has 1 fully saturated rings. The number of aromatic nitrogens is 1. The molecule has 0 aliphatic carbocycles. The Bertz CT molecular complexity index is 920. The summed E-state index contributed by atoms with van der Waals surface area (Å²) in [5.41, 5.74) is 1.36. The van der Waals surface area contributed by atoms with Gasteiger partial charge in [0.15, 0.2) is 5.76 Å². The lowest BCUT2D eigenvalue weighted by Gasteiger charge is -2.33. The predicted molar refractivity (Wildman–Crippen MR) is 107 cm³/mol. The zero-order valence-corrected chi connectivity index (χ0v) is 16.1. The van der Waals surface area contributed by atoms with Crippen molar-refractivity contribution in [2.24, 2.45) is 0 Å². The molecule has 2 aromatic heterocycles. The Kier molecular flexibility index (Phi) is 5.80. The maximum absolute atomic E-state index is 13.2. The summed E-state index contributed by atoms with van der Waals surface area (Å²) in [7, 11) is 0. The van der Waals surface area contributed by atoms with Crippen molar-refractivity contribution in [3.05, 3.63) is 58.9 Å². The molecule has 8 heteroatoms. The van der Waals surface area contributed by atoms with Crippen molar-refractivity contribution >= 4 is 22.9 Å². The number of thiazole rings is 1. The third-order valence-electron chi connectivity index (χ3n) is 4.62. The van der Waals surface area contributed by atoms with Crippen LogP contribution in [0, 0.1) is 5.82 Å². The molecular weight excluding hydrogens is 379 g/mol. The van der Waals surface area contributed by atoms with Crippen molar-refractivity contribution < 1.29 is 13.6 Å². The van der Waals surface area contributed by atoms with Gasteiger partial charge in [-0.1, -0.05) is 6.07 Å².